The Hall–Kier alpha value is -1.56. The van der Waals surface area contributed by atoms with Crippen LogP contribution in [-0.4, -0.2) is 33.0 Å². The van der Waals surface area contributed by atoms with Crippen LogP contribution in [0.3, 0.4) is 0 Å². The molecule has 0 spiro atoms. The molecule has 6 heteroatoms. The normalized spacial score (nSPS) is 18.7. The van der Waals surface area contributed by atoms with Crippen molar-refractivity contribution in [1.29, 1.82) is 0 Å². The molecule has 2 N–H and O–H groups in total. The molecule has 0 radical (unpaired) electrons. The van der Waals surface area contributed by atoms with Crippen LogP contribution in [0.15, 0.2) is 12.5 Å². The second-order valence-electron chi connectivity index (χ2n) is 6.92. The zero-order chi connectivity index (χ0) is 15.7. The first-order valence-electron chi connectivity index (χ1n) is 7.38. The molecular weight excluding hydrogens is 270 g/mol. The van der Waals surface area contributed by atoms with E-state index in [-0.39, 0.29) is 12.1 Å². The first-order valence-corrected chi connectivity index (χ1v) is 7.38. The Labute approximate surface area is 125 Å². The van der Waals surface area contributed by atoms with Crippen molar-refractivity contribution in [2.45, 2.75) is 64.1 Å². The SMILES string of the molecule is CC(C)(C)OC(=O)NC(CO)c1cncn1C1(C)CCC1. The number of alkyl carbamates (subject to hydrolysis) is 1. The Morgan fingerprint density at radius 1 is 1.57 bits per heavy atom. The van der Waals surface area contributed by atoms with Gasteiger partial charge in [-0.15, -0.1) is 0 Å². The minimum atomic E-state index is -0.565. The van der Waals surface area contributed by atoms with Gasteiger partial charge in [-0.2, -0.15) is 0 Å². The highest BCUT2D eigenvalue weighted by Crippen LogP contribution is 2.40. The number of aromatic nitrogens is 2. The number of hydrogen-bond acceptors (Lipinski definition) is 4. The van der Waals surface area contributed by atoms with Crippen molar-refractivity contribution < 1.29 is 14.6 Å². The Bertz CT molecular complexity index is 501. The molecule has 0 aromatic carbocycles. The Morgan fingerprint density at radius 2 is 2.24 bits per heavy atom. The monoisotopic (exact) mass is 295 g/mol. The molecule has 1 fully saturated rings. The summed E-state index contributed by atoms with van der Waals surface area (Å²) in [6.45, 7) is 7.39. The van der Waals surface area contributed by atoms with E-state index in [1.807, 2.05) is 0 Å². The maximum Gasteiger partial charge on any atom is 0.408 e. The minimum absolute atomic E-state index is 0.0366. The maximum absolute atomic E-state index is 11.9. The standard InChI is InChI=1S/C15H25N3O3/c1-14(2,3)21-13(20)17-11(9-19)12-8-16-10-18(12)15(4)6-5-7-15/h8,10-11,19H,5-7,9H2,1-4H3,(H,17,20). The van der Waals surface area contributed by atoms with Crippen LogP contribution in [-0.2, 0) is 10.3 Å². The number of nitrogens with zero attached hydrogens (tertiary/aromatic N) is 2. The van der Waals surface area contributed by atoms with Gasteiger partial charge in [0, 0.05) is 5.54 Å². The molecule has 1 atom stereocenters. The second-order valence-corrected chi connectivity index (χ2v) is 6.92. The van der Waals surface area contributed by atoms with Crippen molar-refractivity contribution >= 4 is 6.09 Å². The molecule has 21 heavy (non-hydrogen) atoms. The highest BCUT2D eigenvalue weighted by molar-refractivity contribution is 5.68. The molecule has 118 valence electrons. The number of imidazole rings is 1. The molecule has 0 saturated heterocycles. The number of nitrogens with one attached hydrogen (secondary N) is 1. The summed E-state index contributed by atoms with van der Waals surface area (Å²) in [5.41, 5.74) is 0.282. The molecule has 1 saturated carbocycles. The maximum atomic E-state index is 11.9. The summed E-state index contributed by atoms with van der Waals surface area (Å²) in [6, 6.07) is -0.514. The Morgan fingerprint density at radius 3 is 2.71 bits per heavy atom. The van der Waals surface area contributed by atoms with Crippen LogP contribution in [0, 0.1) is 0 Å². The van der Waals surface area contributed by atoms with E-state index >= 15 is 0 Å². The molecule has 2 rings (SSSR count). The van der Waals surface area contributed by atoms with Crippen LogP contribution in [0.4, 0.5) is 4.79 Å². The lowest BCUT2D eigenvalue weighted by molar-refractivity contribution is 0.0473. The van der Waals surface area contributed by atoms with Gasteiger partial charge < -0.3 is 19.7 Å². The lowest BCUT2D eigenvalue weighted by Crippen LogP contribution is -2.42. The molecule has 1 aliphatic carbocycles. The molecule has 0 bridgehead atoms. The summed E-state index contributed by atoms with van der Waals surface area (Å²) in [4.78, 5) is 16.1. The number of carbonyl (C=O) groups excluding carboxylic acids is 1. The van der Waals surface area contributed by atoms with Gasteiger partial charge in [0.15, 0.2) is 0 Å². The highest BCUT2D eigenvalue weighted by atomic mass is 16.6. The Kier molecular flexibility index (Phi) is 4.27. The van der Waals surface area contributed by atoms with Crippen molar-refractivity contribution in [3.05, 3.63) is 18.2 Å². The number of ether oxygens (including phenoxy) is 1. The predicted octanol–water partition coefficient (Wildman–Crippen LogP) is 2.34. The van der Waals surface area contributed by atoms with E-state index in [9.17, 15) is 9.90 Å². The van der Waals surface area contributed by atoms with E-state index in [4.69, 9.17) is 4.74 Å². The highest BCUT2D eigenvalue weighted by Gasteiger charge is 2.36. The van der Waals surface area contributed by atoms with Crippen LogP contribution in [0.1, 0.15) is 58.7 Å². The smallest absolute Gasteiger partial charge is 0.408 e. The fourth-order valence-electron chi connectivity index (χ4n) is 2.61. The number of hydrogen-bond donors (Lipinski definition) is 2. The average Bonchev–Trinajstić information content (AvgIpc) is 2.80. The summed E-state index contributed by atoms with van der Waals surface area (Å²) < 4.78 is 7.31. The third-order valence-electron chi connectivity index (χ3n) is 3.91. The van der Waals surface area contributed by atoms with E-state index in [0.29, 0.717) is 0 Å². The molecule has 1 aromatic rings. The molecule has 1 aromatic heterocycles. The van der Waals surface area contributed by atoms with E-state index in [1.165, 1.54) is 6.42 Å². The summed E-state index contributed by atoms with van der Waals surface area (Å²) in [5.74, 6) is 0. The van der Waals surface area contributed by atoms with Gasteiger partial charge >= 0.3 is 6.09 Å². The van der Waals surface area contributed by atoms with Gasteiger partial charge in [0.25, 0.3) is 0 Å². The number of aliphatic hydroxyl groups is 1. The van der Waals surface area contributed by atoms with Gasteiger partial charge in [-0.1, -0.05) is 0 Å². The van der Waals surface area contributed by atoms with E-state index in [2.05, 4.69) is 21.8 Å². The van der Waals surface area contributed by atoms with E-state index < -0.39 is 17.7 Å². The Balaban J connectivity index is 2.12. The van der Waals surface area contributed by atoms with Crippen molar-refractivity contribution in [3.63, 3.8) is 0 Å². The van der Waals surface area contributed by atoms with Crippen molar-refractivity contribution in [2.75, 3.05) is 6.61 Å². The van der Waals surface area contributed by atoms with Gasteiger partial charge in [-0.25, -0.2) is 9.78 Å². The number of carbonyl (C=O) groups is 1. The second kappa shape index (κ2) is 5.67. The average molecular weight is 295 g/mol. The molecule has 1 unspecified atom stereocenters. The van der Waals surface area contributed by atoms with Crippen LogP contribution in [0.5, 0.6) is 0 Å². The molecular formula is C15H25N3O3. The summed E-state index contributed by atoms with van der Waals surface area (Å²) in [7, 11) is 0. The van der Waals surface area contributed by atoms with Gasteiger partial charge in [-0.05, 0) is 47.0 Å². The molecule has 1 aliphatic rings. The van der Waals surface area contributed by atoms with Gasteiger partial charge in [-0.3, -0.25) is 0 Å². The molecule has 1 heterocycles. The van der Waals surface area contributed by atoms with Gasteiger partial charge in [0.2, 0.25) is 0 Å². The van der Waals surface area contributed by atoms with Gasteiger partial charge in [0.05, 0.1) is 30.9 Å². The van der Waals surface area contributed by atoms with Crippen LogP contribution in [0.2, 0.25) is 0 Å². The largest absolute Gasteiger partial charge is 0.444 e. The quantitative estimate of drug-likeness (QED) is 0.894. The lowest BCUT2D eigenvalue weighted by Gasteiger charge is -2.41. The predicted molar refractivity (Wildman–Crippen MR) is 78.9 cm³/mol. The zero-order valence-corrected chi connectivity index (χ0v) is 13.2. The van der Waals surface area contributed by atoms with E-state index in [1.54, 1.807) is 33.3 Å². The van der Waals surface area contributed by atoms with Crippen molar-refractivity contribution in [2.24, 2.45) is 0 Å². The van der Waals surface area contributed by atoms with Crippen molar-refractivity contribution in [3.8, 4) is 0 Å². The fourth-order valence-corrected chi connectivity index (χ4v) is 2.61. The molecule has 0 aliphatic heterocycles. The lowest BCUT2D eigenvalue weighted by atomic mass is 9.78. The topological polar surface area (TPSA) is 76.4 Å². The summed E-state index contributed by atoms with van der Waals surface area (Å²) in [5, 5.41) is 12.3. The van der Waals surface area contributed by atoms with Crippen molar-refractivity contribution in [1.82, 2.24) is 14.9 Å². The van der Waals surface area contributed by atoms with Crippen LogP contribution in [0.25, 0.3) is 0 Å². The molecule has 6 nitrogen and oxygen atoms in total. The summed E-state index contributed by atoms with van der Waals surface area (Å²) >= 11 is 0. The third kappa shape index (κ3) is 3.56. The summed E-state index contributed by atoms with van der Waals surface area (Å²) in [6.07, 6.45) is 6.29. The fraction of sp³-hybridized carbons (Fsp3) is 0.733. The number of amides is 1. The minimum Gasteiger partial charge on any atom is -0.444 e. The van der Waals surface area contributed by atoms with Crippen LogP contribution >= 0.6 is 0 Å². The van der Waals surface area contributed by atoms with Crippen LogP contribution < -0.4 is 5.32 Å². The number of rotatable bonds is 4. The first kappa shape index (κ1) is 15.8. The third-order valence-corrected chi connectivity index (χ3v) is 3.91. The van der Waals surface area contributed by atoms with E-state index in [0.717, 1.165) is 18.5 Å². The zero-order valence-electron chi connectivity index (χ0n) is 13.2. The first-order chi connectivity index (χ1) is 9.75. The van der Waals surface area contributed by atoms with Gasteiger partial charge in [0.1, 0.15) is 5.60 Å². The number of aliphatic hydroxyl groups excluding tert-OH is 1. The molecule has 1 amide bonds.